The number of aromatic nitrogens is 7. The van der Waals surface area contributed by atoms with Gasteiger partial charge in [0.2, 0.25) is 0 Å². The highest BCUT2D eigenvalue weighted by Crippen LogP contribution is 2.31. The summed E-state index contributed by atoms with van der Waals surface area (Å²) in [6, 6.07) is 6.23. The maximum Gasteiger partial charge on any atom is 0.161 e. The number of hydrogen-bond acceptors (Lipinski definition) is 7. The van der Waals surface area contributed by atoms with Crippen LogP contribution in [0, 0.1) is 5.92 Å². The number of fused-ring (bicyclic) bond motifs is 2. The summed E-state index contributed by atoms with van der Waals surface area (Å²) < 4.78 is 0. The quantitative estimate of drug-likeness (QED) is 0.277. The van der Waals surface area contributed by atoms with Crippen molar-refractivity contribution in [2.24, 2.45) is 5.92 Å². The monoisotopic (exact) mass is 507 g/mol. The van der Waals surface area contributed by atoms with Gasteiger partial charge in [-0.05, 0) is 68.3 Å². The van der Waals surface area contributed by atoms with Crippen LogP contribution in [0.25, 0.3) is 44.8 Å². The summed E-state index contributed by atoms with van der Waals surface area (Å²) in [5.74, 6) is 1.52. The molecule has 5 aromatic heterocycles. The van der Waals surface area contributed by atoms with E-state index >= 15 is 0 Å². The smallest absolute Gasteiger partial charge is 0.161 e. The topological polar surface area (TPSA) is 111 Å². The molecule has 0 radical (unpaired) electrons. The summed E-state index contributed by atoms with van der Waals surface area (Å²) in [6.07, 6.45) is 16.7. The molecule has 1 saturated heterocycles. The number of hydrogen-bond donors (Lipinski definition) is 3. The zero-order valence-corrected chi connectivity index (χ0v) is 21.6. The first kappa shape index (κ1) is 23.3. The molecule has 2 aliphatic rings. The van der Waals surface area contributed by atoms with Gasteiger partial charge >= 0.3 is 0 Å². The first-order valence-corrected chi connectivity index (χ1v) is 13.9. The van der Waals surface area contributed by atoms with Gasteiger partial charge in [0.15, 0.2) is 11.5 Å². The highest BCUT2D eigenvalue weighted by atomic mass is 15.2. The van der Waals surface area contributed by atoms with E-state index in [4.69, 9.17) is 9.97 Å². The van der Waals surface area contributed by atoms with E-state index in [-0.39, 0.29) is 0 Å². The molecule has 3 N–H and O–H groups in total. The van der Waals surface area contributed by atoms with Crippen LogP contribution >= 0.6 is 0 Å². The van der Waals surface area contributed by atoms with Crippen molar-refractivity contribution in [2.75, 3.05) is 24.5 Å². The third-order valence-electron chi connectivity index (χ3n) is 8.03. The molecule has 5 aromatic rings. The fraction of sp³-hybridized carbons (Fsp3) is 0.414. The largest absolute Gasteiger partial charge is 0.368 e. The van der Waals surface area contributed by atoms with E-state index in [1.807, 2.05) is 36.9 Å². The number of nitrogens with zero attached hydrogens (tertiary/aromatic N) is 6. The molecule has 0 amide bonds. The van der Waals surface area contributed by atoms with Crippen LogP contribution in [0.15, 0.2) is 43.0 Å². The highest BCUT2D eigenvalue weighted by molar-refractivity contribution is 5.94. The molecule has 0 atom stereocenters. The summed E-state index contributed by atoms with van der Waals surface area (Å²) in [4.78, 5) is 24.8. The molecule has 0 unspecified atom stereocenters. The van der Waals surface area contributed by atoms with Crippen LogP contribution in [0.2, 0.25) is 0 Å². The van der Waals surface area contributed by atoms with Crippen LogP contribution in [-0.2, 0) is 6.54 Å². The molecular formula is C29H33N9. The normalized spacial score (nSPS) is 16.7. The molecular weight excluding hydrogens is 474 g/mol. The summed E-state index contributed by atoms with van der Waals surface area (Å²) in [7, 11) is 0. The molecule has 2 fully saturated rings. The van der Waals surface area contributed by atoms with Crippen LogP contribution in [0.1, 0.15) is 50.5 Å². The maximum absolute atomic E-state index is 5.01. The maximum atomic E-state index is 5.01. The van der Waals surface area contributed by atoms with Crippen molar-refractivity contribution < 1.29 is 0 Å². The van der Waals surface area contributed by atoms with Gasteiger partial charge in [-0.25, -0.2) is 9.97 Å². The minimum Gasteiger partial charge on any atom is -0.368 e. The first-order valence-electron chi connectivity index (χ1n) is 13.9. The first-order chi connectivity index (χ1) is 18.8. The van der Waals surface area contributed by atoms with Gasteiger partial charge in [0.1, 0.15) is 11.0 Å². The van der Waals surface area contributed by atoms with Crippen molar-refractivity contribution in [1.82, 2.24) is 40.4 Å². The lowest BCUT2D eigenvalue weighted by molar-refractivity contribution is 0.489. The summed E-state index contributed by atoms with van der Waals surface area (Å²) in [5, 5.41) is 11.3. The number of anilines is 1. The minimum absolute atomic E-state index is 0.699. The molecule has 0 bridgehead atoms. The Balaban J connectivity index is 1.18. The zero-order valence-electron chi connectivity index (χ0n) is 21.6. The third-order valence-corrected chi connectivity index (χ3v) is 8.03. The van der Waals surface area contributed by atoms with E-state index in [1.54, 1.807) is 0 Å². The van der Waals surface area contributed by atoms with E-state index in [0.29, 0.717) is 11.5 Å². The standard InChI is InChI=1S/C29H33N9/c1-4-10-38(11-5-1)25-18-32-17-24-26(25)35-29(34-24)28-27-23(36-37-28)9-8-22(33-27)21-12-20(15-31-16-21)14-30-13-19-6-2-3-7-19/h8-9,12,15-19,30H,1-7,10-11,13-14H2,(H,34,35)(H,36,37). The molecule has 38 heavy (non-hydrogen) atoms. The van der Waals surface area contributed by atoms with Crippen molar-refractivity contribution in [1.29, 1.82) is 0 Å². The Morgan fingerprint density at radius 3 is 2.63 bits per heavy atom. The lowest BCUT2D eigenvalue weighted by atomic mass is 10.1. The van der Waals surface area contributed by atoms with Crippen LogP contribution in [0.5, 0.6) is 0 Å². The minimum atomic E-state index is 0.699. The SMILES string of the molecule is c1ncc(-c2ccc3[nH]nc(-c4nc5c(N6CCCCC6)cncc5[nH]4)c3n2)cc1CNCC1CCCC1. The van der Waals surface area contributed by atoms with Crippen LogP contribution in [-0.4, -0.2) is 54.8 Å². The molecule has 1 aliphatic heterocycles. The lowest BCUT2D eigenvalue weighted by Crippen LogP contribution is -2.29. The van der Waals surface area contributed by atoms with Gasteiger partial charge in [-0.3, -0.25) is 15.1 Å². The fourth-order valence-electron chi connectivity index (χ4n) is 5.98. The van der Waals surface area contributed by atoms with Gasteiger partial charge in [-0.2, -0.15) is 5.10 Å². The van der Waals surface area contributed by atoms with Crippen molar-refractivity contribution in [3.63, 3.8) is 0 Å². The number of piperidine rings is 1. The number of pyridine rings is 3. The Morgan fingerprint density at radius 1 is 0.868 bits per heavy atom. The van der Waals surface area contributed by atoms with Crippen molar-refractivity contribution in [2.45, 2.75) is 51.5 Å². The summed E-state index contributed by atoms with van der Waals surface area (Å²) in [6.45, 7) is 3.99. The highest BCUT2D eigenvalue weighted by Gasteiger charge is 2.20. The Bertz CT molecular complexity index is 1560. The summed E-state index contributed by atoms with van der Waals surface area (Å²) >= 11 is 0. The Hall–Kier alpha value is -3.85. The van der Waals surface area contributed by atoms with Crippen LogP contribution in [0.3, 0.4) is 0 Å². The molecule has 9 nitrogen and oxygen atoms in total. The van der Waals surface area contributed by atoms with Gasteiger partial charge < -0.3 is 15.2 Å². The molecule has 1 aliphatic carbocycles. The van der Waals surface area contributed by atoms with E-state index in [0.717, 1.165) is 71.1 Å². The van der Waals surface area contributed by atoms with Gasteiger partial charge in [-0.1, -0.05) is 12.8 Å². The van der Waals surface area contributed by atoms with E-state index < -0.39 is 0 Å². The van der Waals surface area contributed by atoms with Crippen LogP contribution in [0.4, 0.5) is 5.69 Å². The predicted molar refractivity (Wildman–Crippen MR) is 150 cm³/mol. The number of nitrogens with one attached hydrogen (secondary N) is 3. The number of aromatic amines is 2. The molecule has 0 aromatic carbocycles. The second-order valence-electron chi connectivity index (χ2n) is 10.7. The average Bonchev–Trinajstić information content (AvgIpc) is 3.73. The van der Waals surface area contributed by atoms with Crippen molar-refractivity contribution in [3.8, 4) is 22.8 Å². The van der Waals surface area contributed by atoms with Gasteiger partial charge in [-0.15, -0.1) is 0 Å². The Labute approximate surface area is 221 Å². The van der Waals surface area contributed by atoms with E-state index in [2.05, 4.69) is 41.4 Å². The second-order valence-corrected chi connectivity index (χ2v) is 10.7. The van der Waals surface area contributed by atoms with E-state index in [1.165, 1.54) is 50.5 Å². The van der Waals surface area contributed by atoms with E-state index in [9.17, 15) is 0 Å². The van der Waals surface area contributed by atoms with Gasteiger partial charge in [0, 0.05) is 37.6 Å². The van der Waals surface area contributed by atoms with Gasteiger partial charge in [0.05, 0.1) is 34.8 Å². The Morgan fingerprint density at radius 2 is 1.74 bits per heavy atom. The molecule has 9 heteroatoms. The molecule has 0 spiro atoms. The molecule has 1 saturated carbocycles. The molecule has 194 valence electrons. The number of H-pyrrole nitrogens is 2. The van der Waals surface area contributed by atoms with Crippen LogP contribution < -0.4 is 10.2 Å². The third kappa shape index (κ3) is 4.51. The van der Waals surface area contributed by atoms with Crippen molar-refractivity contribution in [3.05, 3.63) is 48.5 Å². The molecule has 7 rings (SSSR count). The molecule has 6 heterocycles. The Kier molecular flexibility index (Phi) is 6.21. The lowest BCUT2D eigenvalue weighted by Gasteiger charge is -2.28. The summed E-state index contributed by atoms with van der Waals surface area (Å²) in [5.41, 5.74) is 8.36. The second kappa shape index (κ2) is 10.1. The number of imidazole rings is 1. The van der Waals surface area contributed by atoms with Crippen molar-refractivity contribution >= 4 is 27.8 Å². The zero-order chi connectivity index (χ0) is 25.3. The number of rotatable bonds is 7. The van der Waals surface area contributed by atoms with Gasteiger partial charge in [0.25, 0.3) is 0 Å². The average molecular weight is 508 g/mol. The predicted octanol–water partition coefficient (Wildman–Crippen LogP) is 5.23. The fourth-order valence-corrected chi connectivity index (χ4v) is 5.98.